The second kappa shape index (κ2) is 20.1. The number of halogens is 3. The SMILES string of the molecule is COc1ccc(/C=C/c2ccc(N(Cc3ccc(-c4ccccc4C(=O)NCCN)cc3)C(=O)COCc3ccccc3)cc2)cc1.O=C(O)C(F)(F)F. The number of rotatable bonds is 14. The van der Waals surface area contributed by atoms with Crippen LogP contribution >= 0.6 is 0 Å². The van der Waals surface area contributed by atoms with Crippen LogP contribution in [0.2, 0.25) is 0 Å². The highest BCUT2D eigenvalue weighted by Gasteiger charge is 2.38. The Labute approximate surface area is 311 Å². The van der Waals surface area contributed by atoms with Gasteiger partial charge < -0.3 is 30.5 Å². The zero-order chi connectivity index (χ0) is 38.9. The third-order valence-corrected chi connectivity index (χ3v) is 7.88. The average Bonchev–Trinajstić information content (AvgIpc) is 3.19. The van der Waals surface area contributed by atoms with Gasteiger partial charge in [-0.05, 0) is 63.7 Å². The Hall–Kier alpha value is -6.24. The molecule has 54 heavy (non-hydrogen) atoms. The lowest BCUT2D eigenvalue weighted by atomic mass is 9.98. The summed E-state index contributed by atoms with van der Waals surface area (Å²) < 4.78 is 42.8. The first-order valence-corrected chi connectivity index (χ1v) is 16.8. The molecular weight excluding hydrogens is 699 g/mol. The molecule has 0 spiro atoms. The third kappa shape index (κ3) is 12.5. The molecular formula is C42H40F3N3O6. The second-order valence-corrected chi connectivity index (χ2v) is 11.7. The van der Waals surface area contributed by atoms with E-state index in [1.165, 1.54) is 0 Å². The smallest absolute Gasteiger partial charge is 0.490 e. The Morgan fingerprint density at radius 3 is 1.93 bits per heavy atom. The third-order valence-electron chi connectivity index (χ3n) is 7.88. The summed E-state index contributed by atoms with van der Waals surface area (Å²) in [5.41, 5.74) is 12.7. The molecule has 280 valence electrons. The molecule has 0 aromatic heterocycles. The summed E-state index contributed by atoms with van der Waals surface area (Å²) in [4.78, 5) is 37.0. The molecule has 0 heterocycles. The standard InChI is InChI=1S/C40H39N3O4.C2HF3O2/c1-46-36-23-17-31(18-24-36)12-11-30-15-21-35(22-16-30)43(39(44)29-47-28-33-7-3-2-4-8-33)27-32-13-19-34(20-14-32)37-9-5-6-10-38(37)40(45)42-26-25-41;3-2(4,5)1(6)7/h2-24H,25-29,41H2,1H3,(H,42,45);(H,6,7)/b12-11+;. The summed E-state index contributed by atoms with van der Waals surface area (Å²) >= 11 is 0. The molecule has 0 aliphatic carbocycles. The Morgan fingerprint density at radius 1 is 0.778 bits per heavy atom. The van der Waals surface area contributed by atoms with E-state index >= 15 is 0 Å². The summed E-state index contributed by atoms with van der Waals surface area (Å²) in [6.45, 7) is 1.43. The number of carbonyl (C=O) groups is 3. The van der Waals surface area contributed by atoms with E-state index in [9.17, 15) is 22.8 Å². The van der Waals surface area contributed by atoms with Gasteiger partial charge in [0.2, 0.25) is 0 Å². The number of carboxylic acids is 1. The summed E-state index contributed by atoms with van der Waals surface area (Å²) in [5.74, 6) is -2.25. The number of methoxy groups -OCH3 is 1. The molecule has 0 atom stereocenters. The predicted octanol–water partition coefficient (Wildman–Crippen LogP) is 7.60. The quantitative estimate of drug-likeness (QED) is 0.100. The van der Waals surface area contributed by atoms with E-state index < -0.39 is 12.1 Å². The van der Waals surface area contributed by atoms with E-state index in [4.69, 9.17) is 25.1 Å². The molecule has 0 bridgehead atoms. The molecule has 4 N–H and O–H groups in total. The number of carboxylic acid groups (broad SMARTS) is 1. The number of hydrogen-bond donors (Lipinski definition) is 3. The van der Waals surface area contributed by atoms with Crippen molar-refractivity contribution < 1.29 is 42.1 Å². The van der Waals surface area contributed by atoms with Crippen LogP contribution in [0, 0.1) is 0 Å². The van der Waals surface area contributed by atoms with Gasteiger partial charge in [-0.2, -0.15) is 13.2 Å². The number of hydrogen-bond acceptors (Lipinski definition) is 6. The van der Waals surface area contributed by atoms with Crippen LogP contribution in [0.4, 0.5) is 18.9 Å². The maximum atomic E-state index is 13.6. The Bertz CT molecular complexity index is 1980. The van der Waals surface area contributed by atoms with Gasteiger partial charge in [0.1, 0.15) is 12.4 Å². The second-order valence-electron chi connectivity index (χ2n) is 11.7. The van der Waals surface area contributed by atoms with Crippen molar-refractivity contribution in [2.45, 2.75) is 19.3 Å². The molecule has 0 radical (unpaired) electrons. The van der Waals surface area contributed by atoms with Crippen LogP contribution < -0.4 is 20.7 Å². The highest BCUT2D eigenvalue weighted by Crippen LogP contribution is 2.26. The summed E-state index contributed by atoms with van der Waals surface area (Å²) in [6, 6.07) is 41.0. The van der Waals surface area contributed by atoms with Crippen molar-refractivity contribution in [3.63, 3.8) is 0 Å². The van der Waals surface area contributed by atoms with E-state index in [1.54, 1.807) is 18.1 Å². The van der Waals surface area contributed by atoms with E-state index in [0.717, 1.165) is 44.8 Å². The fraction of sp³-hybridized carbons (Fsp3) is 0.167. The number of nitrogens with one attached hydrogen (secondary N) is 1. The summed E-state index contributed by atoms with van der Waals surface area (Å²) in [6.07, 6.45) is -1.01. The van der Waals surface area contributed by atoms with Crippen molar-refractivity contribution in [1.82, 2.24) is 5.32 Å². The molecule has 5 rings (SSSR count). The molecule has 0 fully saturated rings. The number of alkyl halides is 3. The lowest BCUT2D eigenvalue weighted by molar-refractivity contribution is -0.192. The van der Waals surface area contributed by atoms with E-state index in [0.29, 0.717) is 31.8 Å². The lowest BCUT2D eigenvalue weighted by Crippen LogP contribution is -2.33. The van der Waals surface area contributed by atoms with Gasteiger partial charge in [0.05, 0.1) is 20.3 Å². The monoisotopic (exact) mass is 739 g/mol. The van der Waals surface area contributed by atoms with Crippen molar-refractivity contribution in [1.29, 1.82) is 0 Å². The first-order chi connectivity index (χ1) is 26.0. The number of nitrogens with two attached hydrogens (primary N) is 1. The maximum absolute atomic E-state index is 13.6. The molecule has 2 amide bonds. The van der Waals surface area contributed by atoms with Gasteiger partial charge in [-0.1, -0.05) is 109 Å². The van der Waals surface area contributed by atoms with Crippen molar-refractivity contribution in [2.24, 2.45) is 5.73 Å². The number of aliphatic carboxylic acids is 1. The van der Waals surface area contributed by atoms with Crippen LogP contribution in [0.25, 0.3) is 23.3 Å². The zero-order valence-electron chi connectivity index (χ0n) is 29.5. The minimum Gasteiger partial charge on any atom is -0.497 e. The van der Waals surface area contributed by atoms with Gasteiger partial charge in [-0.15, -0.1) is 0 Å². The number of nitrogens with zero attached hydrogens (tertiary/aromatic N) is 1. The Balaban J connectivity index is 0.000000845. The lowest BCUT2D eigenvalue weighted by Gasteiger charge is -2.23. The van der Waals surface area contributed by atoms with Crippen molar-refractivity contribution in [2.75, 3.05) is 31.7 Å². The first kappa shape index (κ1) is 40.5. The average molecular weight is 740 g/mol. The minimum absolute atomic E-state index is 0.0581. The van der Waals surface area contributed by atoms with Gasteiger partial charge in [0.15, 0.2) is 0 Å². The highest BCUT2D eigenvalue weighted by atomic mass is 19.4. The van der Waals surface area contributed by atoms with E-state index in [1.807, 2.05) is 133 Å². The van der Waals surface area contributed by atoms with Crippen LogP contribution in [0.3, 0.4) is 0 Å². The molecule has 5 aromatic carbocycles. The summed E-state index contributed by atoms with van der Waals surface area (Å²) in [7, 11) is 1.65. The predicted molar refractivity (Wildman–Crippen MR) is 203 cm³/mol. The van der Waals surface area contributed by atoms with Crippen molar-refractivity contribution in [3.05, 3.63) is 155 Å². The number of benzene rings is 5. The van der Waals surface area contributed by atoms with Crippen molar-refractivity contribution in [3.8, 4) is 16.9 Å². The molecule has 5 aromatic rings. The Kier molecular flexibility index (Phi) is 15.1. The minimum atomic E-state index is -5.08. The fourth-order valence-corrected chi connectivity index (χ4v) is 5.09. The highest BCUT2D eigenvalue weighted by molar-refractivity contribution is 6.01. The van der Waals surface area contributed by atoms with Gasteiger partial charge in [0.25, 0.3) is 11.8 Å². The van der Waals surface area contributed by atoms with Gasteiger partial charge >= 0.3 is 12.1 Å². The molecule has 9 nitrogen and oxygen atoms in total. The molecule has 0 saturated heterocycles. The molecule has 0 saturated carbocycles. The number of anilines is 1. The van der Waals surface area contributed by atoms with E-state index in [2.05, 4.69) is 5.32 Å². The number of carbonyl (C=O) groups excluding carboxylic acids is 2. The molecule has 0 unspecified atom stereocenters. The van der Waals surface area contributed by atoms with Gasteiger partial charge in [-0.25, -0.2) is 4.79 Å². The molecule has 12 heteroatoms. The fourth-order valence-electron chi connectivity index (χ4n) is 5.09. The van der Waals surface area contributed by atoms with Gasteiger partial charge in [-0.3, -0.25) is 9.59 Å². The van der Waals surface area contributed by atoms with Crippen LogP contribution in [0.1, 0.15) is 32.6 Å². The zero-order valence-corrected chi connectivity index (χ0v) is 29.5. The van der Waals surface area contributed by atoms with Crippen LogP contribution in [0.15, 0.2) is 127 Å². The van der Waals surface area contributed by atoms with Crippen LogP contribution in [-0.4, -0.2) is 55.9 Å². The molecule has 0 aliphatic rings. The maximum Gasteiger partial charge on any atom is 0.490 e. The number of amides is 2. The first-order valence-electron chi connectivity index (χ1n) is 16.8. The van der Waals surface area contributed by atoms with Crippen LogP contribution in [-0.2, 0) is 27.5 Å². The Morgan fingerprint density at radius 2 is 1.35 bits per heavy atom. The normalized spacial score (nSPS) is 11.0. The largest absolute Gasteiger partial charge is 0.497 e. The topological polar surface area (TPSA) is 131 Å². The van der Waals surface area contributed by atoms with Gasteiger partial charge in [0, 0.05) is 24.3 Å². The summed E-state index contributed by atoms with van der Waals surface area (Å²) in [5, 5.41) is 9.97. The van der Waals surface area contributed by atoms with E-state index in [-0.39, 0.29) is 18.4 Å². The molecule has 0 aliphatic heterocycles. The van der Waals surface area contributed by atoms with Crippen molar-refractivity contribution >= 4 is 35.6 Å². The number of ether oxygens (including phenoxy) is 2. The van der Waals surface area contributed by atoms with Crippen LogP contribution in [0.5, 0.6) is 5.75 Å².